The second-order valence-corrected chi connectivity index (χ2v) is 8.19. The van der Waals surface area contributed by atoms with Crippen LogP contribution in [0.5, 0.6) is 0 Å². The van der Waals surface area contributed by atoms with E-state index < -0.39 is 35.7 Å². The molecule has 0 aliphatic carbocycles. The van der Waals surface area contributed by atoms with Gasteiger partial charge in [0, 0.05) is 34.6 Å². The number of benzene rings is 2. The Morgan fingerprint density at radius 3 is 2.44 bits per heavy atom. The normalized spacial score (nSPS) is 17.9. The Bertz CT molecular complexity index is 1260. The van der Waals surface area contributed by atoms with Crippen molar-refractivity contribution < 1.29 is 24.0 Å². The van der Waals surface area contributed by atoms with E-state index in [1.54, 1.807) is 42.5 Å². The van der Waals surface area contributed by atoms with Crippen molar-refractivity contribution >= 4 is 58.3 Å². The molecule has 0 spiro atoms. The van der Waals surface area contributed by atoms with Crippen molar-refractivity contribution in [2.75, 3.05) is 16.0 Å². The number of carbonyl (C=O) groups is 5. The maximum absolute atomic E-state index is 12.8. The van der Waals surface area contributed by atoms with E-state index in [1.165, 1.54) is 0 Å². The van der Waals surface area contributed by atoms with Gasteiger partial charge in [-0.15, -0.1) is 0 Å². The molecular formula is C23H20ClN5O5. The monoisotopic (exact) mass is 481 g/mol. The number of urea groups is 1. The number of hydrogen-bond donors (Lipinski definition) is 4. The molecule has 1 unspecified atom stereocenters. The Kier molecular flexibility index (Phi) is 6.33. The third-order valence-corrected chi connectivity index (χ3v) is 5.71. The summed E-state index contributed by atoms with van der Waals surface area (Å²) in [5.41, 5.74) is 2.26. The van der Waals surface area contributed by atoms with Gasteiger partial charge in [0.15, 0.2) is 0 Å². The molecular weight excluding hydrogens is 462 g/mol. The number of carbonyl (C=O) groups excluding carboxylic acids is 5. The van der Waals surface area contributed by atoms with Crippen LogP contribution in [0.15, 0.2) is 54.2 Å². The van der Waals surface area contributed by atoms with E-state index >= 15 is 0 Å². The number of aryl methyl sites for hydroxylation is 1. The van der Waals surface area contributed by atoms with E-state index in [1.807, 2.05) is 6.92 Å². The Labute approximate surface area is 199 Å². The SMILES string of the molecule is Cc1ccc(NC(=O)Nc2cccc(NC3=CC(=O)N(C4CCC(=O)NC4=O)C3=O)c2)cc1Cl. The molecule has 0 bridgehead atoms. The predicted molar refractivity (Wildman–Crippen MR) is 125 cm³/mol. The highest BCUT2D eigenvalue weighted by molar-refractivity contribution is 6.31. The van der Waals surface area contributed by atoms with Gasteiger partial charge in [-0.1, -0.05) is 23.7 Å². The van der Waals surface area contributed by atoms with E-state index in [0.29, 0.717) is 22.1 Å². The summed E-state index contributed by atoms with van der Waals surface area (Å²) in [4.78, 5) is 61.8. The Balaban J connectivity index is 1.40. The van der Waals surface area contributed by atoms with Gasteiger partial charge < -0.3 is 16.0 Å². The topological polar surface area (TPSA) is 137 Å². The average Bonchev–Trinajstić information content (AvgIpc) is 3.04. The molecule has 4 rings (SSSR count). The molecule has 0 radical (unpaired) electrons. The fourth-order valence-electron chi connectivity index (χ4n) is 3.59. The zero-order valence-electron chi connectivity index (χ0n) is 18.0. The van der Waals surface area contributed by atoms with Gasteiger partial charge in [0.25, 0.3) is 11.8 Å². The Morgan fingerprint density at radius 2 is 1.74 bits per heavy atom. The highest BCUT2D eigenvalue weighted by Crippen LogP contribution is 2.24. The summed E-state index contributed by atoms with van der Waals surface area (Å²) in [7, 11) is 0. The van der Waals surface area contributed by atoms with Crippen LogP contribution in [0.1, 0.15) is 18.4 Å². The molecule has 34 heavy (non-hydrogen) atoms. The molecule has 2 aliphatic rings. The largest absolute Gasteiger partial charge is 0.351 e. The van der Waals surface area contributed by atoms with Crippen LogP contribution in [0, 0.1) is 6.92 Å². The van der Waals surface area contributed by atoms with Gasteiger partial charge in [-0.3, -0.25) is 29.4 Å². The van der Waals surface area contributed by atoms with E-state index in [9.17, 15) is 24.0 Å². The van der Waals surface area contributed by atoms with Crippen molar-refractivity contribution in [3.05, 3.63) is 64.8 Å². The molecule has 2 aromatic carbocycles. The Morgan fingerprint density at radius 1 is 1.03 bits per heavy atom. The van der Waals surface area contributed by atoms with E-state index in [-0.39, 0.29) is 18.5 Å². The van der Waals surface area contributed by atoms with Gasteiger partial charge in [-0.2, -0.15) is 0 Å². The maximum atomic E-state index is 12.8. The first-order valence-corrected chi connectivity index (χ1v) is 10.7. The first-order chi connectivity index (χ1) is 16.2. The summed E-state index contributed by atoms with van der Waals surface area (Å²) in [5.74, 6) is -2.44. The number of piperidine rings is 1. The summed E-state index contributed by atoms with van der Waals surface area (Å²) >= 11 is 6.08. The number of anilines is 3. The molecule has 1 saturated heterocycles. The van der Waals surface area contributed by atoms with Crippen molar-refractivity contribution in [3.8, 4) is 0 Å². The second kappa shape index (κ2) is 9.36. The first kappa shape index (κ1) is 23.0. The zero-order valence-corrected chi connectivity index (χ0v) is 18.7. The summed E-state index contributed by atoms with van der Waals surface area (Å²) in [6, 6.07) is 10.1. The molecule has 2 aliphatic heterocycles. The van der Waals surface area contributed by atoms with Crippen molar-refractivity contribution in [2.45, 2.75) is 25.8 Å². The van der Waals surface area contributed by atoms with Crippen LogP contribution < -0.4 is 21.3 Å². The van der Waals surface area contributed by atoms with Crippen molar-refractivity contribution in [1.82, 2.24) is 10.2 Å². The third kappa shape index (κ3) is 4.91. The van der Waals surface area contributed by atoms with Crippen molar-refractivity contribution in [3.63, 3.8) is 0 Å². The van der Waals surface area contributed by atoms with Gasteiger partial charge >= 0.3 is 6.03 Å². The summed E-state index contributed by atoms with van der Waals surface area (Å²) in [5, 5.41) is 10.9. The number of nitrogens with zero attached hydrogens (tertiary/aromatic N) is 1. The lowest BCUT2D eigenvalue weighted by Gasteiger charge is -2.28. The highest BCUT2D eigenvalue weighted by Gasteiger charge is 2.42. The molecule has 1 atom stereocenters. The molecule has 11 heteroatoms. The summed E-state index contributed by atoms with van der Waals surface area (Å²) < 4.78 is 0. The van der Waals surface area contributed by atoms with Crippen LogP contribution >= 0.6 is 11.6 Å². The van der Waals surface area contributed by atoms with Crippen LogP contribution in [-0.4, -0.2) is 40.6 Å². The molecule has 2 heterocycles. The quantitative estimate of drug-likeness (QED) is 0.485. The molecule has 4 N–H and O–H groups in total. The minimum Gasteiger partial charge on any atom is -0.351 e. The van der Waals surface area contributed by atoms with Gasteiger partial charge in [0.2, 0.25) is 11.8 Å². The molecule has 174 valence electrons. The standard InChI is InChI=1S/C23H20ClN5O5/c1-12-5-6-15(10-16(12)24)27-23(34)26-14-4-2-3-13(9-14)25-17-11-20(31)29(22(17)33)18-7-8-19(30)28-21(18)32/h2-6,9-11,18,25H,7-8H2,1H3,(H2,26,27,34)(H,28,30,32). The van der Waals surface area contributed by atoms with Crippen LogP contribution in [0.4, 0.5) is 21.9 Å². The summed E-state index contributed by atoms with van der Waals surface area (Å²) in [6.45, 7) is 1.85. The Hall–Kier alpha value is -4.18. The fraction of sp³-hybridized carbons (Fsp3) is 0.174. The minimum atomic E-state index is -1.04. The smallest absolute Gasteiger partial charge is 0.323 e. The van der Waals surface area contributed by atoms with Crippen LogP contribution in [-0.2, 0) is 19.2 Å². The minimum absolute atomic E-state index is 0.0226. The molecule has 0 saturated carbocycles. The molecule has 0 aromatic heterocycles. The lowest BCUT2D eigenvalue weighted by Crippen LogP contribution is -2.54. The van der Waals surface area contributed by atoms with Crippen LogP contribution in [0.25, 0.3) is 0 Å². The second-order valence-electron chi connectivity index (χ2n) is 7.79. The predicted octanol–water partition coefficient (Wildman–Crippen LogP) is 2.76. The number of halogens is 1. The van der Waals surface area contributed by atoms with Crippen molar-refractivity contribution in [1.29, 1.82) is 0 Å². The fourth-order valence-corrected chi connectivity index (χ4v) is 3.77. The van der Waals surface area contributed by atoms with E-state index in [4.69, 9.17) is 11.6 Å². The van der Waals surface area contributed by atoms with E-state index in [0.717, 1.165) is 16.5 Å². The average molecular weight is 482 g/mol. The lowest BCUT2D eigenvalue weighted by molar-refractivity contribution is -0.149. The number of rotatable bonds is 5. The lowest BCUT2D eigenvalue weighted by atomic mass is 10.0. The number of imide groups is 2. The third-order valence-electron chi connectivity index (χ3n) is 5.31. The van der Waals surface area contributed by atoms with Crippen LogP contribution in [0.2, 0.25) is 5.02 Å². The van der Waals surface area contributed by atoms with Gasteiger partial charge in [0.05, 0.1) is 0 Å². The summed E-state index contributed by atoms with van der Waals surface area (Å²) in [6.07, 6.45) is 1.21. The first-order valence-electron chi connectivity index (χ1n) is 10.4. The zero-order chi connectivity index (χ0) is 24.4. The van der Waals surface area contributed by atoms with Crippen molar-refractivity contribution in [2.24, 2.45) is 0 Å². The highest BCUT2D eigenvalue weighted by atomic mass is 35.5. The van der Waals surface area contributed by atoms with Crippen LogP contribution in [0.3, 0.4) is 0 Å². The van der Waals surface area contributed by atoms with Gasteiger partial charge in [-0.05, 0) is 49.2 Å². The number of nitrogens with one attached hydrogen (secondary N) is 4. The number of amides is 6. The molecule has 1 fully saturated rings. The van der Waals surface area contributed by atoms with E-state index in [2.05, 4.69) is 21.3 Å². The van der Waals surface area contributed by atoms with Gasteiger partial charge in [-0.25, -0.2) is 4.79 Å². The van der Waals surface area contributed by atoms with Gasteiger partial charge in [0.1, 0.15) is 11.7 Å². The number of hydrogen-bond acceptors (Lipinski definition) is 6. The maximum Gasteiger partial charge on any atom is 0.323 e. The molecule has 2 aromatic rings. The molecule has 6 amide bonds. The molecule has 10 nitrogen and oxygen atoms in total.